The highest BCUT2D eigenvalue weighted by Crippen LogP contribution is 2.38. The van der Waals surface area contributed by atoms with Crippen LogP contribution in [0.5, 0.6) is 0 Å². The van der Waals surface area contributed by atoms with Crippen LogP contribution in [0.3, 0.4) is 0 Å². The highest BCUT2D eigenvalue weighted by molar-refractivity contribution is 5.01. The predicted octanol–water partition coefficient (Wildman–Crippen LogP) is -3.86. The lowest BCUT2D eigenvalue weighted by atomic mass is 9.98. The van der Waals surface area contributed by atoms with E-state index in [1.54, 1.807) is 0 Å². The topological polar surface area (TPSA) is 188 Å². The van der Waals surface area contributed by atoms with E-state index in [2.05, 4.69) is 4.89 Å². The molecule has 0 spiro atoms. The quantitative estimate of drug-likeness (QED) is 0.167. The first-order valence-corrected chi connectivity index (χ1v) is 8.04. The van der Waals surface area contributed by atoms with Crippen LogP contribution in [0.2, 0.25) is 0 Å². The third-order valence-electron chi connectivity index (χ3n) is 4.68. The van der Waals surface area contributed by atoms with Gasteiger partial charge in [-0.25, -0.2) is 4.89 Å². The fraction of sp³-hybridized carbons (Fsp3) is 1.00. The standard InChI is InChI=1S/C14H26O12/c1-5(26-21)11-10(20)12(22-2)14(4-16,24-11)25-13-9(19)8(18)7(17)6(3-15)23-13/h5-13,15-21H,3-4H2,1-2H3/t5-,6-,7-,8+,9-,10-,11-,12+,13-,14+/m1/s1. The lowest BCUT2D eigenvalue weighted by Gasteiger charge is -2.43. The van der Waals surface area contributed by atoms with E-state index in [0.29, 0.717) is 0 Å². The molecule has 0 aromatic heterocycles. The van der Waals surface area contributed by atoms with Crippen LogP contribution in [0, 0.1) is 0 Å². The Morgan fingerprint density at radius 1 is 1.04 bits per heavy atom. The summed E-state index contributed by atoms with van der Waals surface area (Å²) in [5.41, 5.74) is 0. The molecule has 0 amide bonds. The lowest BCUT2D eigenvalue weighted by Crippen LogP contribution is -2.62. The number of ether oxygens (including phenoxy) is 4. The molecule has 0 aliphatic carbocycles. The third kappa shape index (κ3) is 3.73. The molecule has 0 saturated carbocycles. The van der Waals surface area contributed by atoms with Crippen LogP contribution >= 0.6 is 0 Å². The van der Waals surface area contributed by atoms with Gasteiger partial charge in [-0.3, -0.25) is 5.26 Å². The molecule has 2 rings (SSSR count). The highest BCUT2D eigenvalue weighted by atomic mass is 17.1. The van der Waals surface area contributed by atoms with Gasteiger partial charge in [-0.1, -0.05) is 0 Å². The Hall–Kier alpha value is -0.480. The smallest absolute Gasteiger partial charge is 0.224 e. The molecule has 154 valence electrons. The van der Waals surface area contributed by atoms with Gasteiger partial charge >= 0.3 is 0 Å². The highest BCUT2D eigenvalue weighted by Gasteiger charge is 2.60. The van der Waals surface area contributed by atoms with Gasteiger partial charge in [-0.15, -0.1) is 0 Å². The molecule has 0 aromatic carbocycles. The van der Waals surface area contributed by atoms with Crippen LogP contribution in [0.1, 0.15) is 6.92 Å². The zero-order valence-electron chi connectivity index (χ0n) is 14.3. The van der Waals surface area contributed by atoms with Gasteiger partial charge in [-0.2, -0.15) is 0 Å². The van der Waals surface area contributed by atoms with Crippen LogP contribution in [0.4, 0.5) is 0 Å². The number of rotatable bonds is 7. The normalized spacial score (nSPS) is 47.9. The molecule has 0 unspecified atom stereocenters. The zero-order valence-corrected chi connectivity index (χ0v) is 14.3. The Kier molecular flexibility index (Phi) is 7.29. The van der Waals surface area contributed by atoms with E-state index in [0.717, 1.165) is 0 Å². The monoisotopic (exact) mass is 386 g/mol. The van der Waals surface area contributed by atoms with Gasteiger partial charge < -0.3 is 49.6 Å². The van der Waals surface area contributed by atoms with Crippen LogP contribution < -0.4 is 0 Å². The van der Waals surface area contributed by atoms with E-state index >= 15 is 0 Å². The van der Waals surface area contributed by atoms with Crippen molar-refractivity contribution in [2.75, 3.05) is 20.3 Å². The van der Waals surface area contributed by atoms with Crippen molar-refractivity contribution < 1.29 is 59.7 Å². The lowest BCUT2D eigenvalue weighted by molar-refractivity contribution is -0.390. The summed E-state index contributed by atoms with van der Waals surface area (Å²) in [5.74, 6) is -2.04. The Labute approximate surface area is 149 Å². The Morgan fingerprint density at radius 2 is 1.69 bits per heavy atom. The molecule has 10 atom stereocenters. The van der Waals surface area contributed by atoms with Crippen LogP contribution in [0.15, 0.2) is 0 Å². The van der Waals surface area contributed by atoms with Crippen molar-refractivity contribution in [2.24, 2.45) is 0 Å². The zero-order chi connectivity index (χ0) is 19.6. The molecule has 7 N–H and O–H groups in total. The van der Waals surface area contributed by atoms with Gasteiger partial charge in [0.25, 0.3) is 0 Å². The van der Waals surface area contributed by atoms with Crippen LogP contribution in [0.25, 0.3) is 0 Å². The summed E-state index contributed by atoms with van der Waals surface area (Å²) in [6.07, 6.45) is -12.8. The van der Waals surface area contributed by atoms with Crippen molar-refractivity contribution in [2.45, 2.75) is 67.8 Å². The maximum Gasteiger partial charge on any atom is 0.224 e. The van der Waals surface area contributed by atoms with Gasteiger partial charge in [0.05, 0.1) is 6.61 Å². The SMILES string of the molecule is CO[C@H]1[C@H](O)[C@@H]([C@@H](C)OO)O[C@@]1(CO)O[C@H]1O[C@H](CO)[C@@H](O)[C@H](O)[C@H]1O. The van der Waals surface area contributed by atoms with E-state index in [1.165, 1.54) is 14.0 Å². The summed E-state index contributed by atoms with van der Waals surface area (Å²) < 4.78 is 21.4. The molecule has 2 heterocycles. The molecule has 2 saturated heterocycles. The largest absolute Gasteiger partial charge is 0.394 e. The molecule has 0 radical (unpaired) electrons. The molecule has 2 aliphatic rings. The van der Waals surface area contributed by atoms with Crippen LogP contribution in [-0.2, 0) is 23.8 Å². The van der Waals surface area contributed by atoms with E-state index in [1.807, 2.05) is 0 Å². The number of methoxy groups -OCH3 is 1. The predicted molar refractivity (Wildman–Crippen MR) is 79.5 cm³/mol. The van der Waals surface area contributed by atoms with Crippen LogP contribution in [-0.4, -0.2) is 117 Å². The van der Waals surface area contributed by atoms with Gasteiger partial charge in [0.1, 0.15) is 55.4 Å². The first-order chi connectivity index (χ1) is 12.3. The molecule has 2 fully saturated rings. The molecular formula is C14H26O12. The molecule has 0 bridgehead atoms. The fourth-order valence-electron chi connectivity index (χ4n) is 3.17. The summed E-state index contributed by atoms with van der Waals surface area (Å²) in [6, 6.07) is 0. The van der Waals surface area contributed by atoms with E-state index < -0.39 is 74.1 Å². The Balaban J connectivity index is 2.25. The second-order valence-corrected chi connectivity index (χ2v) is 6.32. The number of aliphatic hydroxyl groups excluding tert-OH is 6. The minimum Gasteiger partial charge on any atom is -0.394 e. The van der Waals surface area contributed by atoms with Crippen molar-refractivity contribution in [3.05, 3.63) is 0 Å². The summed E-state index contributed by atoms with van der Waals surface area (Å²) in [5, 5.41) is 68.0. The van der Waals surface area contributed by atoms with Crippen molar-refractivity contribution in [1.82, 2.24) is 0 Å². The molecule has 26 heavy (non-hydrogen) atoms. The number of aliphatic hydroxyl groups is 6. The second kappa shape index (κ2) is 8.68. The molecule has 2 aliphatic heterocycles. The number of hydrogen-bond donors (Lipinski definition) is 7. The Bertz CT molecular complexity index is 450. The fourth-order valence-corrected chi connectivity index (χ4v) is 3.17. The van der Waals surface area contributed by atoms with Gasteiger partial charge in [0, 0.05) is 7.11 Å². The summed E-state index contributed by atoms with van der Waals surface area (Å²) in [7, 11) is 1.21. The average molecular weight is 386 g/mol. The average Bonchev–Trinajstić information content (AvgIpc) is 2.93. The van der Waals surface area contributed by atoms with E-state index in [-0.39, 0.29) is 0 Å². The van der Waals surface area contributed by atoms with Gasteiger partial charge in [0.2, 0.25) is 5.79 Å². The maximum atomic E-state index is 10.3. The van der Waals surface area contributed by atoms with Gasteiger partial charge in [0.15, 0.2) is 6.29 Å². The van der Waals surface area contributed by atoms with E-state index in [9.17, 15) is 30.6 Å². The van der Waals surface area contributed by atoms with Crippen molar-refractivity contribution in [1.29, 1.82) is 0 Å². The van der Waals surface area contributed by atoms with E-state index in [4.69, 9.17) is 24.2 Å². The molecular weight excluding hydrogens is 360 g/mol. The first kappa shape index (κ1) is 21.8. The van der Waals surface area contributed by atoms with Gasteiger partial charge in [-0.05, 0) is 6.92 Å². The van der Waals surface area contributed by atoms with Crippen molar-refractivity contribution >= 4 is 0 Å². The molecule has 12 nitrogen and oxygen atoms in total. The summed E-state index contributed by atoms with van der Waals surface area (Å²) in [4.78, 5) is 4.15. The maximum absolute atomic E-state index is 10.3. The minimum atomic E-state index is -2.04. The molecule has 0 aromatic rings. The summed E-state index contributed by atoms with van der Waals surface area (Å²) >= 11 is 0. The first-order valence-electron chi connectivity index (χ1n) is 8.04. The Morgan fingerprint density at radius 3 is 2.19 bits per heavy atom. The molecule has 12 heteroatoms. The third-order valence-corrected chi connectivity index (χ3v) is 4.68. The van der Waals surface area contributed by atoms with Crippen molar-refractivity contribution in [3.8, 4) is 0 Å². The summed E-state index contributed by atoms with van der Waals surface area (Å²) in [6.45, 7) is -0.139. The second-order valence-electron chi connectivity index (χ2n) is 6.32. The minimum absolute atomic E-state index is 0.674. The van der Waals surface area contributed by atoms with Crippen molar-refractivity contribution in [3.63, 3.8) is 0 Å². The number of hydrogen-bond acceptors (Lipinski definition) is 12.